The number of aliphatic hydroxyl groups excluding tert-OH is 1. The van der Waals surface area contributed by atoms with Crippen molar-refractivity contribution in [2.24, 2.45) is 17.8 Å². The molecule has 0 aliphatic rings. The number of hydrogen-bond acceptors (Lipinski definition) is 4. The quantitative estimate of drug-likeness (QED) is 0.0950. The third kappa shape index (κ3) is 13.9. The Balaban J connectivity index is 4.70. The number of ether oxygens (including phenoxy) is 1. The van der Waals surface area contributed by atoms with Crippen molar-refractivity contribution in [3.8, 4) is 0 Å². The summed E-state index contributed by atoms with van der Waals surface area (Å²) in [5, 5.41) is 10.8. The third-order valence-corrected chi connectivity index (χ3v) is 6.50. The fraction of sp³-hybridized carbons (Fsp3) is 0.733. The second-order valence-electron chi connectivity index (χ2n) is 10.1. The first-order valence-electron chi connectivity index (χ1n) is 13.5. The minimum absolute atomic E-state index is 0.0200. The van der Waals surface area contributed by atoms with Crippen molar-refractivity contribution in [3.63, 3.8) is 0 Å². The zero-order valence-corrected chi connectivity index (χ0v) is 23.3. The number of allylic oxidation sites excluding steroid dienone is 4. The summed E-state index contributed by atoms with van der Waals surface area (Å²) < 4.78 is 4.98. The summed E-state index contributed by atoms with van der Waals surface area (Å²) in [6.45, 7) is 15.7. The summed E-state index contributed by atoms with van der Waals surface area (Å²) in [6, 6.07) is 0. The highest BCUT2D eigenvalue weighted by Crippen LogP contribution is 2.22. The van der Waals surface area contributed by atoms with Crippen molar-refractivity contribution in [1.29, 1.82) is 0 Å². The van der Waals surface area contributed by atoms with E-state index in [2.05, 4.69) is 19.9 Å². The molecule has 0 aliphatic carbocycles. The molecule has 0 radical (unpaired) electrons. The van der Waals surface area contributed by atoms with Gasteiger partial charge in [-0.2, -0.15) is 0 Å². The van der Waals surface area contributed by atoms with Gasteiger partial charge in [-0.1, -0.05) is 103 Å². The van der Waals surface area contributed by atoms with Gasteiger partial charge in [0.25, 0.3) is 0 Å². The van der Waals surface area contributed by atoms with Crippen LogP contribution >= 0.6 is 0 Å². The van der Waals surface area contributed by atoms with Crippen molar-refractivity contribution in [2.75, 3.05) is 6.61 Å². The molecule has 0 fully saturated rings. The first-order chi connectivity index (χ1) is 16.0. The number of unbranched alkanes of at least 4 members (excludes halogenated alkanes) is 7. The van der Waals surface area contributed by atoms with Crippen LogP contribution in [-0.4, -0.2) is 29.6 Å². The molecule has 4 atom stereocenters. The van der Waals surface area contributed by atoms with Crippen molar-refractivity contribution in [3.05, 3.63) is 34.9 Å². The summed E-state index contributed by atoms with van der Waals surface area (Å²) >= 11 is 0. The van der Waals surface area contributed by atoms with Gasteiger partial charge in [0.1, 0.15) is 0 Å². The maximum Gasteiger partial charge on any atom is 0.333 e. The molecule has 34 heavy (non-hydrogen) atoms. The number of carbonyl (C=O) groups excluding carboxylic acids is 2. The third-order valence-electron chi connectivity index (χ3n) is 6.50. The van der Waals surface area contributed by atoms with Gasteiger partial charge in [-0.15, -0.1) is 0 Å². The maximum atomic E-state index is 12.7. The predicted molar refractivity (Wildman–Crippen MR) is 144 cm³/mol. The fourth-order valence-electron chi connectivity index (χ4n) is 4.39. The van der Waals surface area contributed by atoms with E-state index in [9.17, 15) is 14.7 Å². The van der Waals surface area contributed by atoms with Gasteiger partial charge in [0.15, 0.2) is 5.78 Å². The van der Waals surface area contributed by atoms with E-state index in [1.165, 1.54) is 51.4 Å². The van der Waals surface area contributed by atoms with E-state index in [0.29, 0.717) is 17.8 Å². The highest BCUT2D eigenvalue weighted by molar-refractivity contribution is 5.99. The van der Waals surface area contributed by atoms with Crippen molar-refractivity contribution >= 4 is 11.8 Å². The predicted octanol–water partition coefficient (Wildman–Crippen LogP) is 7.76. The van der Waals surface area contributed by atoms with E-state index in [1.807, 2.05) is 19.9 Å². The number of rotatable bonds is 18. The van der Waals surface area contributed by atoms with Crippen molar-refractivity contribution in [2.45, 2.75) is 119 Å². The van der Waals surface area contributed by atoms with Gasteiger partial charge in [-0.25, -0.2) is 4.79 Å². The fourth-order valence-corrected chi connectivity index (χ4v) is 4.39. The summed E-state index contributed by atoms with van der Waals surface area (Å²) in [5.41, 5.74) is 2.06. The molecule has 196 valence electrons. The van der Waals surface area contributed by atoms with E-state index in [4.69, 9.17) is 4.74 Å². The van der Waals surface area contributed by atoms with Gasteiger partial charge >= 0.3 is 5.97 Å². The van der Waals surface area contributed by atoms with Crippen LogP contribution in [0, 0.1) is 17.8 Å². The second-order valence-corrected chi connectivity index (χ2v) is 10.1. The highest BCUT2D eigenvalue weighted by atomic mass is 16.5. The van der Waals surface area contributed by atoms with Crippen LogP contribution in [0.15, 0.2) is 34.9 Å². The van der Waals surface area contributed by atoms with E-state index < -0.39 is 12.0 Å². The lowest BCUT2D eigenvalue weighted by molar-refractivity contribution is -0.138. The topological polar surface area (TPSA) is 63.6 Å². The number of carbonyl (C=O) groups is 2. The normalized spacial score (nSPS) is 16.7. The van der Waals surface area contributed by atoms with Crippen LogP contribution in [0.25, 0.3) is 0 Å². The van der Waals surface area contributed by atoms with Crippen LogP contribution in [0.3, 0.4) is 0 Å². The Morgan fingerprint density at radius 3 is 1.94 bits per heavy atom. The van der Waals surface area contributed by atoms with E-state index in [-0.39, 0.29) is 23.6 Å². The molecular weight excluding hydrogens is 424 g/mol. The first kappa shape index (κ1) is 32.3. The van der Waals surface area contributed by atoms with Gasteiger partial charge in [0, 0.05) is 17.4 Å². The molecule has 0 amide bonds. The summed E-state index contributed by atoms with van der Waals surface area (Å²) in [5.74, 6) is -0.534. The Morgan fingerprint density at radius 1 is 0.824 bits per heavy atom. The van der Waals surface area contributed by atoms with Crippen LogP contribution in [0.4, 0.5) is 0 Å². The van der Waals surface area contributed by atoms with Gasteiger partial charge in [0.05, 0.1) is 12.7 Å². The molecule has 0 aromatic carbocycles. The summed E-state index contributed by atoms with van der Waals surface area (Å²) in [4.78, 5) is 24.5. The molecule has 0 aliphatic heterocycles. The van der Waals surface area contributed by atoms with E-state index >= 15 is 0 Å². The molecule has 0 unspecified atom stereocenters. The average molecular weight is 477 g/mol. The Bertz CT molecular complexity index is 686. The number of hydrogen-bond donors (Lipinski definition) is 1. The SMILES string of the molecule is CCCCCCCCCC[C@H](C)[C@@H](O)[C@@H](C)/C=C(C)/C=C(\C)C(=O)[C@H](C)/C=C(\C)C(=O)OCC. The first-order valence-corrected chi connectivity index (χ1v) is 13.5. The highest BCUT2D eigenvalue weighted by Gasteiger charge is 2.20. The van der Waals surface area contributed by atoms with Gasteiger partial charge in [-0.3, -0.25) is 4.79 Å². The Morgan fingerprint density at radius 2 is 1.38 bits per heavy atom. The zero-order chi connectivity index (χ0) is 26.1. The molecule has 0 aromatic rings. The monoisotopic (exact) mass is 476 g/mol. The number of Topliss-reactive ketones (excluding diaryl/α,β-unsaturated/α-hetero) is 1. The Labute approximate surface area is 209 Å². The zero-order valence-electron chi connectivity index (χ0n) is 23.3. The second kappa shape index (κ2) is 18.6. The number of ketones is 1. The Hall–Kier alpha value is -1.68. The molecule has 4 nitrogen and oxygen atoms in total. The molecule has 0 bridgehead atoms. The van der Waals surface area contributed by atoms with Crippen LogP contribution in [-0.2, 0) is 14.3 Å². The van der Waals surface area contributed by atoms with Crippen molar-refractivity contribution < 1.29 is 19.4 Å². The molecule has 0 aromatic heterocycles. The van der Waals surface area contributed by atoms with Crippen LogP contribution in [0.5, 0.6) is 0 Å². The minimum atomic E-state index is -0.400. The summed E-state index contributed by atoms with van der Waals surface area (Å²) in [6.07, 6.45) is 16.6. The van der Waals surface area contributed by atoms with Crippen LogP contribution in [0.2, 0.25) is 0 Å². The molecule has 0 spiro atoms. The van der Waals surface area contributed by atoms with E-state index in [0.717, 1.165) is 12.0 Å². The standard InChI is InChI=1S/C30H52O4/c1-9-11-12-13-14-15-16-17-18-23(4)28(31)24(5)19-22(3)20-25(6)29(32)26(7)21-27(8)30(33)34-10-2/h19-21,23-24,26,28,31H,9-18H2,1-8H3/b22-19+,25-20+,27-21+/t23-,24-,26+,28+/m0/s1. The molecule has 0 rings (SSSR count). The number of esters is 1. The smallest absolute Gasteiger partial charge is 0.333 e. The molecule has 0 saturated heterocycles. The van der Waals surface area contributed by atoms with Crippen LogP contribution < -0.4 is 0 Å². The lowest BCUT2D eigenvalue weighted by atomic mass is 9.88. The lowest BCUT2D eigenvalue weighted by Gasteiger charge is -2.23. The molecular formula is C30H52O4. The van der Waals surface area contributed by atoms with Gasteiger partial charge in [0.2, 0.25) is 0 Å². The van der Waals surface area contributed by atoms with E-state index in [1.54, 1.807) is 33.8 Å². The Kier molecular flexibility index (Phi) is 17.7. The summed E-state index contributed by atoms with van der Waals surface area (Å²) in [7, 11) is 0. The molecule has 1 N–H and O–H groups in total. The molecule has 4 heteroatoms. The van der Waals surface area contributed by atoms with Crippen LogP contribution in [0.1, 0.15) is 113 Å². The molecule has 0 heterocycles. The largest absolute Gasteiger partial charge is 0.463 e. The van der Waals surface area contributed by atoms with Crippen molar-refractivity contribution in [1.82, 2.24) is 0 Å². The average Bonchev–Trinajstić information content (AvgIpc) is 2.79. The molecule has 0 saturated carbocycles. The van der Waals surface area contributed by atoms with Gasteiger partial charge in [-0.05, 0) is 45.6 Å². The maximum absolute atomic E-state index is 12.7. The van der Waals surface area contributed by atoms with Gasteiger partial charge < -0.3 is 9.84 Å². The minimum Gasteiger partial charge on any atom is -0.463 e. The number of aliphatic hydroxyl groups is 1. The lowest BCUT2D eigenvalue weighted by Crippen LogP contribution is -2.24.